The number of thiophene rings is 1. The second-order valence-electron chi connectivity index (χ2n) is 7.51. The molecule has 0 saturated carbocycles. The van der Waals surface area contributed by atoms with E-state index in [4.69, 9.17) is 16.3 Å². The van der Waals surface area contributed by atoms with Crippen LogP contribution in [0.25, 0.3) is 0 Å². The number of nitrogens with zero attached hydrogens (tertiary/aromatic N) is 3. The lowest BCUT2D eigenvalue weighted by Crippen LogP contribution is -2.42. The molecule has 0 spiro atoms. The summed E-state index contributed by atoms with van der Waals surface area (Å²) in [4.78, 5) is 40.1. The average molecular weight is 488 g/mol. The van der Waals surface area contributed by atoms with Crippen LogP contribution in [0.4, 0.5) is 11.4 Å². The quantitative estimate of drug-likeness (QED) is 0.556. The van der Waals surface area contributed by atoms with Crippen LogP contribution >= 0.6 is 22.9 Å². The van der Waals surface area contributed by atoms with Gasteiger partial charge in [-0.1, -0.05) is 11.6 Å². The molecule has 11 heteroatoms. The summed E-state index contributed by atoms with van der Waals surface area (Å²) < 4.78 is 7.23. The fourth-order valence-corrected chi connectivity index (χ4v) is 4.47. The minimum atomic E-state index is -1.01. The smallest absolute Gasteiger partial charge is 0.262 e. The van der Waals surface area contributed by atoms with E-state index in [2.05, 4.69) is 15.7 Å². The van der Waals surface area contributed by atoms with Gasteiger partial charge in [0.25, 0.3) is 17.7 Å². The highest BCUT2D eigenvalue weighted by atomic mass is 35.5. The summed E-state index contributed by atoms with van der Waals surface area (Å²) >= 11 is 7.06. The van der Waals surface area contributed by atoms with Gasteiger partial charge in [0.15, 0.2) is 6.04 Å². The van der Waals surface area contributed by atoms with E-state index in [1.807, 2.05) is 6.92 Å². The Balaban J connectivity index is 1.53. The number of morpholine rings is 1. The van der Waals surface area contributed by atoms with E-state index >= 15 is 0 Å². The maximum atomic E-state index is 13.2. The normalized spacial score (nSPS) is 14.8. The number of carbonyl (C=O) groups excluding carboxylic acids is 3. The second-order valence-corrected chi connectivity index (χ2v) is 9.23. The summed E-state index contributed by atoms with van der Waals surface area (Å²) in [5.74, 6) is -0.970. The number of amides is 3. The van der Waals surface area contributed by atoms with Gasteiger partial charge in [-0.15, -0.1) is 11.3 Å². The Kier molecular flexibility index (Phi) is 6.77. The van der Waals surface area contributed by atoms with Crippen molar-refractivity contribution in [2.75, 3.05) is 30.0 Å². The molecule has 1 fully saturated rings. The predicted octanol–water partition coefficient (Wildman–Crippen LogP) is 2.92. The standard InChI is InChI=1S/C22H22ClN5O4S/c1-13-11-14(3-4-16(13)28-9-10-32-12-19(28)29)24-22(31)20(15-7-8-27(2)26-15)25-21(30)17-5-6-18(23)33-17/h3-8,11,20H,9-10,12H2,1-2H3,(H,24,31)(H,25,30). The topological polar surface area (TPSA) is 106 Å². The lowest BCUT2D eigenvalue weighted by molar-refractivity contribution is -0.125. The molecule has 1 aliphatic heterocycles. The number of nitrogens with one attached hydrogen (secondary N) is 2. The lowest BCUT2D eigenvalue weighted by atomic mass is 10.1. The minimum absolute atomic E-state index is 0.0544. The molecule has 3 amide bonds. The summed E-state index contributed by atoms with van der Waals surface area (Å²) in [6.07, 6.45) is 1.70. The number of carbonyl (C=O) groups is 3. The number of ether oxygens (including phenoxy) is 1. The van der Waals surface area contributed by atoms with Crippen LogP contribution in [0.15, 0.2) is 42.6 Å². The number of aryl methyl sites for hydroxylation is 2. The van der Waals surface area contributed by atoms with Gasteiger partial charge in [-0.05, 0) is 48.9 Å². The third-order valence-corrected chi connectivity index (χ3v) is 6.34. The minimum Gasteiger partial charge on any atom is -0.370 e. The number of benzene rings is 1. The van der Waals surface area contributed by atoms with Gasteiger partial charge in [0.1, 0.15) is 6.61 Å². The molecule has 2 N–H and O–H groups in total. The van der Waals surface area contributed by atoms with Crippen molar-refractivity contribution in [3.63, 3.8) is 0 Å². The van der Waals surface area contributed by atoms with E-state index in [9.17, 15) is 14.4 Å². The van der Waals surface area contributed by atoms with Crippen molar-refractivity contribution in [2.45, 2.75) is 13.0 Å². The van der Waals surface area contributed by atoms with Gasteiger partial charge >= 0.3 is 0 Å². The largest absolute Gasteiger partial charge is 0.370 e. The molecule has 1 saturated heterocycles. The Morgan fingerprint density at radius 2 is 2.06 bits per heavy atom. The molecule has 1 aromatic carbocycles. The highest BCUT2D eigenvalue weighted by molar-refractivity contribution is 7.18. The lowest BCUT2D eigenvalue weighted by Gasteiger charge is -2.28. The fraction of sp³-hybridized carbons (Fsp3) is 0.273. The van der Waals surface area contributed by atoms with Crippen molar-refractivity contribution < 1.29 is 19.1 Å². The molecule has 9 nitrogen and oxygen atoms in total. The van der Waals surface area contributed by atoms with Crippen LogP contribution in [0.1, 0.15) is 27.0 Å². The number of hydrogen-bond acceptors (Lipinski definition) is 6. The molecule has 0 bridgehead atoms. The van der Waals surface area contributed by atoms with Crippen molar-refractivity contribution >= 4 is 52.0 Å². The van der Waals surface area contributed by atoms with Gasteiger partial charge in [0.2, 0.25) is 0 Å². The molecule has 1 aliphatic rings. The molecular weight excluding hydrogens is 466 g/mol. The zero-order chi connectivity index (χ0) is 23.5. The highest BCUT2D eigenvalue weighted by Crippen LogP contribution is 2.26. The van der Waals surface area contributed by atoms with Crippen molar-refractivity contribution in [1.29, 1.82) is 0 Å². The Labute approximate surface area is 199 Å². The average Bonchev–Trinajstić information content (AvgIpc) is 3.41. The van der Waals surface area contributed by atoms with Crippen molar-refractivity contribution in [3.8, 4) is 0 Å². The Morgan fingerprint density at radius 3 is 2.70 bits per heavy atom. The van der Waals surface area contributed by atoms with Crippen molar-refractivity contribution in [1.82, 2.24) is 15.1 Å². The Morgan fingerprint density at radius 1 is 1.24 bits per heavy atom. The summed E-state index contributed by atoms with van der Waals surface area (Å²) in [6.45, 7) is 2.88. The van der Waals surface area contributed by atoms with Crippen LogP contribution in [0, 0.1) is 6.92 Å². The van der Waals surface area contributed by atoms with Gasteiger partial charge < -0.3 is 20.3 Å². The molecule has 1 atom stereocenters. The van der Waals surface area contributed by atoms with Gasteiger partial charge in [-0.25, -0.2) is 0 Å². The van der Waals surface area contributed by atoms with Crippen LogP contribution in [-0.4, -0.2) is 47.3 Å². The number of hydrogen-bond donors (Lipinski definition) is 2. The number of aromatic nitrogens is 2. The van der Waals surface area contributed by atoms with Gasteiger partial charge in [-0.2, -0.15) is 5.10 Å². The SMILES string of the molecule is Cc1cc(NC(=O)C(NC(=O)c2ccc(Cl)s2)c2ccn(C)n2)ccc1N1CCOCC1=O. The summed E-state index contributed by atoms with van der Waals surface area (Å²) in [5, 5.41) is 9.87. The first-order valence-electron chi connectivity index (χ1n) is 10.2. The third-order valence-electron chi connectivity index (χ3n) is 5.11. The Hall–Kier alpha value is -3.21. The maximum absolute atomic E-state index is 13.2. The number of anilines is 2. The maximum Gasteiger partial charge on any atom is 0.262 e. The number of halogens is 1. The Bertz CT molecular complexity index is 1210. The first-order chi connectivity index (χ1) is 15.8. The molecular formula is C22H22ClN5O4S. The van der Waals surface area contributed by atoms with Crippen LogP contribution in [0.5, 0.6) is 0 Å². The van der Waals surface area contributed by atoms with E-state index < -0.39 is 17.9 Å². The molecule has 0 aliphatic carbocycles. The van der Waals surface area contributed by atoms with E-state index in [0.717, 1.165) is 22.6 Å². The fourth-order valence-electron chi connectivity index (χ4n) is 3.52. The van der Waals surface area contributed by atoms with Crippen LogP contribution in [0.2, 0.25) is 4.34 Å². The summed E-state index contributed by atoms with van der Waals surface area (Å²) in [6, 6.07) is 9.18. The molecule has 33 heavy (non-hydrogen) atoms. The van der Waals surface area contributed by atoms with Gasteiger partial charge in [0.05, 0.1) is 21.5 Å². The van der Waals surface area contributed by atoms with E-state index in [-0.39, 0.29) is 12.5 Å². The van der Waals surface area contributed by atoms with E-state index in [1.54, 1.807) is 59.2 Å². The van der Waals surface area contributed by atoms with E-state index in [0.29, 0.717) is 33.7 Å². The first kappa shape index (κ1) is 23.0. The van der Waals surface area contributed by atoms with Crippen LogP contribution in [0.3, 0.4) is 0 Å². The van der Waals surface area contributed by atoms with E-state index in [1.165, 1.54) is 0 Å². The van der Waals surface area contributed by atoms with Gasteiger partial charge in [-0.3, -0.25) is 19.1 Å². The summed E-state index contributed by atoms with van der Waals surface area (Å²) in [7, 11) is 1.73. The predicted molar refractivity (Wildman–Crippen MR) is 126 cm³/mol. The zero-order valence-corrected chi connectivity index (χ0v) is 19.6. The molecule has 3 aromatic rings. The molecule has 4 rings (SSSR count). The zero-order valence-electron chi connectivity index (χ0n) is 18.0. The van der Waals surface area contributed by atoms with Crippen LogP contribution < -0.4 is 15.5 Å². The summed E-state index contributed by atoms with van der Waals surface area (Å²) in [5.41, 5.74) is 2.54. The molecule has 3 heterocycles. The molecule has 0 radical (unpaired) electrons. The van der Waals surface area contributed by atoms with Crippen LogP contribution in [-0.2, 0) is 21.4 Å². The van der Waals surface area contributed by atoms with Crippen molar-refractivity contribution in [2.24, 2.45) is 7.05 Å². The van der Waals surface area contributed by atoms with Gasteiger partial charge in [0, 0.05) is 31.2 Å². The monoisotopic (exact) mass is 487 g/mol. The number of rotatable bonds is 6. The highest BCUT2D eigenvalue weighted by Gasteiger charge is 2.27. The molecule has 1 unspecified atom stereocenters. The second kappa shape index (κ2) is 9.74. The van der Waals surface area contributed by atoms with Crippen molar-refractivity contribution in [3.05, 3.63) is 63.1 Å². The molecule has 2 aromatic heterocycles. The first-order valence-corrected chi connectivity index (χ1v) is 11.4. The molecule has 172 valence electrons. The third kappa shape index (κ3) is 5.24.